The predicted molar refractivity (Wildman–Crippen MR) is 76.6 cm³/mol. The van der Waals surface area contributed by atoms with Gasteiger partial charge in [-0.3, -0.25) is 4.98 Å². The van der Waals surface area contributed by atoms with Gasteiger partial charge in [0.05, 0.1) is 33.9 Å². The Balaban J connectivity index is 3.01. The lowest BCUT2D eigenvalue weighted by Gasteiger charge is -2.11. The van der Waals surface area contributed by atoms with Crippen molar-refractivity contribution in [3.05, 3.63) is 43.9 Å². The Hall–Kier alpha value is -2.01. The molecule has 6 nitrogen and oxygen atoms in total. The molecular formula is C12H8Cl2N4O2. The number of carbonyl (C=O) groups excluding carboxylic acids is 1. The molecule has 0 saturated heterocycles. The molecular weight excluding hydrogens is 303 g/mol. The average Bonchev–Trinajstić information content (AvgIpc) is 2.44. The van der Waals surface area contributed by atoms with Crippen LogP contribution in [0.1, 0.15) is 15.9 Å². The molecule has 2 rings (SSSR count). The number of azide groups is 1. The number of esters is 1. The minimum atomic E-state index is -0.671. The van der Waals surface area contributed by atoms with Crippen LogP contribution in [0.4, 0.5) is 5.69 Å². The molecule has 0 aliphatic rings. The maximum Gasteiger partial charge on any atom is 0.339 e. The molecule has 0 bridgehead atoms. The minimum Gasteiger partial charge on any atom is -0.465 e. The molecule has 1 heterocycles. The Bertz CT molecular complexity index is 770. The van der Waals surface area contributed by atoms with E-state index in [9.17, 15) is 4.79 Å². The highest BCUT2D eigenvalue weighted by atomic mass is 35.5. The first-order valence-electron chi connectivity index (χ1n) is 5.42. The largest absolute Gasteiger partial charge is 0.465 e. The van der Waals surface area contributed by atoms with E-state index in [1.165, 1.54) is 13.3 Å². The van der Waals surface area contributed by atoms with E-state index < -0.39 is 5.97 Å². The summed E-state index contributed by atoms with van der Waals surface area (Å²) in [6.07, 6.45) is 1.25. The summed E-state index contributed by atoms with van der Waals surface area (Å²) in [7, 11) is 1.22. The summed E-state index contributed by atoms with van der Waals surface area (Å²) < 4.78 is 4.63. The molecule has 0 aliphatic carbocycles. The van der Waals surface area contributed by atoms with Gasteiger partial charge in [-0.1, -0.05) is 28.3 Å². The number of ether oxygens (including phenoxy) is 1. The summed E-state index contributed by atoms with van der Waals surface area (Å²) >= 11 is 12.3. The second kappa shape index (κ2) is 5.54. The van der Waals surface area contributed by atoms with Crippen molar-refractivity contribution in [2.45, 2.75) is 6.92 Å². The summed E-state index contributed by atoms with van der Waals surface area (Å²) in [4.78, 5) is 18.5. The zero-order valence-corrected chi connectivity index (χ0v) is 12.0. The molecule has 0 saturated carbocycles. The normalized spacial score (nSPS) is 10.2. The summed E-state index contributed by atoms with van der Waals surface area (Å²) in [5.41, 5.74) is 9.82. The Kier molecular flexibility index (Phi) is 3.99. The first-order chi connectivity index (χ1) is 9.51. The number of fused-ring (bicyclic) bond motifs is 1. The Morgan fingerprint density at radius 3 is 2.80 bits per heavy atom. The van der Waals surface area contributed by atoms with E-state index in [1.807, 2.05) is 0 Å². The Labute approximate surface area is 123 Å². The number of benzene rings is 1. The van der Waals surface area contributed by atoms with E-state index in [4.69, 9.17) is 28.7 Å². The number of methoxy groups -OCH3 is 1. The van der Waals surface area contributed by atoms with Crippen molar-refractivity contribution in [2.24, 2.45) is 5.11 Å². The number of rotatable bonds is 2. The maximum absolute atomic E-state index is 11.7. The van der Waals surface area contributed by atoms with Crippen LogP contribution in [0.5, 0.6) is 0 Å². The maximum atomic E-state index is 11.7. The molecule has 0 fully saturated rings. The number of hydrogen-bond donors (Lipinski definition) is 0. The van der Waals surface area contributed by atoms with Crippen molar-refractivity contribution >= 4 is 45.8 Å². The lowest BCUT2D eigenvalue weighted by molar-refractivity contribution is 0.0601. The summed E-state index contributed by atoms with van der Waals surface area (Å²) in [6, 6.07) is 1.65. The van der Waals surface area contributed by atoms with Crippen LogP contribution in [0.15, 0.2) is 17.4 Å². The first kappa shape index (κ1) is 14.4. The van der Waals surface area contributed by atoms with Crippen molar-refractivity contribution < 1.29 is 9.53 Å². The highest BCUT2D eigenvalue weighted by Gasteiger charge is 2.19. The van der Waals surface area contributed by atoms with Gasteiger partial charge >= 0.3 is 5.97 Å². The molecule has 0 spiro atoms. The van der Waals surface area contributed by atoms with Crippen molar-refractivity contribution in [1.82, 2.24) is 4.98 Å². The van der Waals surface area contributed by atoms with E-state index in [-0.39, 0.29) is 11.3 Å². The van der Waals surface area contributed by atoms with Gasteiger partial charge in [0.2, 0.25) is 0 Å². The third-order valence-electron chi connectivity index (χ3n) is 2.74. The summed E-state index contributed by atoms with van der Waals surface area (Å²) in [5.74, 6) is -0.671. The van der Waals surface area contributed by atoms with Gasteiger partial charge in [-0.05, 0) is 24.1 Å². The average molecular weight is 311 g/mol. The third kappa shape index (κ3) is 2.25. The van der Waals surface area contributed by atoms with Gasteiger partial charge in [-0.25, -0.2) is 4.79 Å². The van der Waals surface area contributed by atoms with E-state index >= 15 is 0 Å². The fourth-order valence-corrected chi connectivity index (χ4v) is 2.36. The molecule has 0 amide bonds. The molecule has 8 heteroatoms. The number of halogens is 2. The Morgan fingerprint density at radius 1 is 1.50 bits per heavy atom. The van der Waals surface area contributed by atoms with Crippen molar-refractivity contribution in [3.63, 3.8) is 0 Å². The lowest BCUT2D eigenvalue weighted by Crippen LogP contribution is -2.03. The second-order valence-corrected chi connectivity index (χ2v) is 4.70. The van der Waals surface area contributed by atoms with Crippen LogP contribution in [-0.4, -0.2) is 18.1 Å². The highest BCUT2D eigenvalue weighted by molar-refractivity contribution is 6.41. The number of aromatic nitrogens is 1. The van der Waals surface area contributed by atoms with Gasteiger partial charge in [0.25, 0.3) is 0 Å². The van der Waals surface area contributed by atoms with Crippen molar-refractivity contribution in [2.75, 3.05) is 7.11 Å². The quantitative estimate of drug-likeness (QED) is 0.352. The highest BCUT2D eigenvalue weighted by Crippen LogP contribution is 2.39. The third-order valence-corrected chi connectivity index (χ3v) is 3.51. The van der Waals surface area contributed by atoms with Gasteiger partial charge in [-0.2, -0.15) is 0 Å². The first-order valence-corrected chi connectivity index (χ1v) is 6.17. The van der Waals surface area contributed by atoms with Crippen molar-refractivity contribution in [1.29, 1.82) is 0 Å². The number of hydrogen-bond acceptors (Lipinski definition) is 4. The molecule has 20 heavy (non-hydrogen) atoms. The number of aryl methyl sites for hydroxylation is 1. The fraction of sp³-hybridized carbons (Fsp3) is 0.167. The Morgan fingerprint density at radius 2 is 2.20 bits per heavy atom. The van der Waals surface area contributed by atoms with E-state index in [0.29, 0.717) is 26.5 Å². The van der Waals surface area contributed by atoms with E-state index in [1.54, 1.807) is 13.0 Å². The van der Waals surface area contributed by atoms with E-state index in [0.717, 1.165) is 0 Å². The van der Waals surface area contributed by atoms with Crippen LogP contribution in [0.2, 0.25) is 10.0 Å². The number of pyridine rings is 1. The van der Waals surface area contributed by atoms with Crippen LogP contribution in [-0.2, 0) is 4.74 Å². The predicted octanol–water partition coefficient (Wildman–Crippen LogP) is 4.58. The molecule has 0 N–H and O–H groups in total. The van der Waals surface area contributed by atoms with Crippen LogP contribution >= 0.6 is 23.2 Å². The molecule has 0 radical (unpaired) electrons. The van der Waals surface area contributed by atoms with Crippen LogP contribution in [0, 0.1) is 6.92 Å². The molecule has 0 aliphatic heterocycles. The SMILES string of the molecule is COC(=O)c1cnc2c(Cl)cc(C)c(Cl)c2c1N=[N+]=[N-]. The van der Waals surface area contributed by atoms with Gasteiger partial charge in [0.15, 0.2) is 0 Å². The van der Waals surface area contributed by atoms with Crippen molar-refractivity contribution in [3.8, 4) is 0 Å². The van der Waals surface area contributed by atoms with Gasteiger partial charge in [0, 0.05) is 16.5 Å². The van der Waals surface area contributed by atoms with Gasteiger partial charge in [0.1, 0.15) is 0 Å². The molecule has 1 aromatic heterocycles. The van der Waals surface area contributed by atoms with Gasteiger partial charge in [-0.15, -0.1) is 0 Å². The molecule has 1 aromatic carbocycles. The zero-order chi connectivity index (χ0) is 14.9. The topological polar surface area (TPSA) is 88.0 Å². The van der Waals surface area contributed by atoms with Crippen LogP contribution < -0.4 is 0 Å². The standard InChI is InChI=1S/C12H8Cl2N4O2/c1-5-3-7(13)11-8(9(5)14)10(17-18-15)6(4-16-11)12(19)20-2/h3-4H,1-2H3. The van der Waals surface area contributed by atoms with Crippen LogP contribution in [0.25, 0.3) is 21.3 Å². The number of nitrogens with zero attached hydrogens (tertiary/aromatic N) is 4. The van der Waals surface area contributed by atoms with Crippen LogP contribution in [0.3, 0.4) is 0 Å². The lowest BCUT2D eigenvalue weighted by atomic mass is 10.1. The zero-order valence-electron chi connectivity index (χ0n) is 10.5. The fourth-order valence-electron chi connectivity index (χ4n) is 1.82. The smallest absolute Gasteiger partial charge is 0.339 e. The minimum absolute atomic E-state index is 0.0290. The molecule has 102 valence electrons. The number of carbonyl (C=O) groups is 1. The second-order valence-electron chi connectivity index (χ2n) is 3.91. The molecule has 0 unspecified atom stereocenters. The summed E-state index contributed by atoms with van der Waals surface area (Å²) in [5, 5.41) is 4.55. The van der Waals surface area contributed by atoms with E-state index in [2.05, 4.69) is 19.7 Å². The molecule has 0 atom stereocenters. The summed E-state index contributed by atoms with van der Waals surface area (Å²) in [6.45, 7) is 1.75. The monoisotopic (exact) mass is 310 g/mol. The molecule has 2 aromatic rings. The van der Waals surface area contributed by atoms with Gasteiger partial charge < -0.3 is 4.74 Å².